The number of carbonyl (C=O) groups is 1. The highest BCUT2D eigenvalue weighted by Gasteiger charge is 2.33. The second-order valence-corrected chi connectivity index (χ2v) is 9.91. The molecule has 0 aliphatic carbocycles. The van der Waals surface area contributed by atoms with E-state index in [-0.39, 0.29) is 24.9 Å². The van der Waals surface area contributed by atoms with Crippen LogP contribution in [0.5, 0.6) is 0 Å². The molecule has 2 aromatic carbocycles. The Morgan fingerprint density at radius 3 is 2.66 bits per heavy atom. The molecule has 0 atom stereocenters. The van der Waals surface area contributed by atoms with Gasteiger partial charge in [-0.1, -0.05) is 18.2 Å². The van der Waals surface area contributed by atoms with Gasteiger partial charge in [-0.2, -0.15) is 4.31 Å². The molecule has 0 unspecified atom stereocenters. The third-order valence-corrected chi connectivity index (χ3v) is 7.85. The number of nitrogens with zero attached hydrogens (tertiary/aromatic N) is 1. The lowest BCUT2D eigenvalue weighted by molar-refractivity contribution is -0.126. The first-order valence-electron chi connectivity index (χ1n) is 10.6. The van der Waals surface area contributed by atoms with Crippen molar-refractivity contribution in [2.75, 3.05) is 19.6 Å². The molecule has 6 nitrogen and oxygen atoms in total. The highest BCUT2D eigenvalue weighted by atomic mass is 32.2. The van der Waals surface area contributed by atoms with Crippen LogP contribution >= 0.6 is 0 Å². The molecule has 32 heavy (non-hydrogen) atoms. The van der Waals surface area contributed by atoms with Gasteiger partial charge in [0.25, 0.3) is 0 Å². The summed E-state index contributed by atoms with van der Waals surface area (Å²) in [5.74, 6) is -2.20. The van der Waals surface area contributed by atoms with Crippen molar-refractivity contribution in [1.29, 1.82) is 0 Å². The van der Waals surface area contributed by atoms with E-state index in [2.05, 4.69) is 16.4 Å². The number of benzene rings is 2. The molecule has 2 N–H and O–H groups in total. The van der Waals surface area contributed by atoms with E-state index in [1.165, 1.54) is 10.9 Å². The molecule has 0 radical (unpaired) electrons. The monoisotopic (exact) mass is 461 g/mol. The Morgan fingerprint density at radius 1 is 1.12 bits per heavy atom. The van der Waals surface area contributed by atoms with Gasteiger partial charge in [-0.25, -0.2) is 17.2 Å². The van der Waals surface area contributed by atoms with E-state index in [0.29, 0.717) is 25.5 Å². The molecule has 0 saturated carbocycles. The number of hydrogen-bond acceptors (Lipinski definition) is 3. The maximum absolute atomic E-state index is 13.9. The second-order valence-electron chi connectivity index (χ2n) is 8.01. The van der Waals surface area contributed by atoms with E-state index in [9.17, 15) is 22.0 Å². The number of carbonyl (C=O) groups excluding carboxylic acids is 1. The average Bonchev–Trinajstić information content (AvgIpc) is 3.21. The van der Waals surface area contributed by atoms with Crippen LogP contribution in [0.4, 0.5) is 8.78 Å². The molecular formula is C23H25F2N3O3S. The third kappa shape index (κ3) is 4.68. The largest absolute Gasteiger partial charge is 0.361 e. The molecule has 0 spiro atoms. The smallest absolute Gasteiger partial charge is 0.246 e. The SMILES string of the molecule is O=C(NCCCc1c[nH]c2ccccc12)C1CCN(S(=O)(=O)c2cc(F)ccc2F)CC1. The van der Waals surface area contributed by atoms with Gasteiger partial charge in [0.1, 0.15) is 16.5 Å². The number of aromatic amines is 1. The minimum atomic E-state index is -4.14. The molecule has 0 bridgehead atoms. The summed E-state index contributed by atoms with van der Waals surface area (Å²) >= 11 is 0. The van der Waals surface area contributed by atoms with Gasteiger partial charge in [0, 0.05) is 42.7 Å². The van der Waals surface area contributed by atoms with Crippen LogP contribution in [-0.4, -0.2) is 43.2 Å². The Labute approximate surface area is 185 Å². The molecule has 1 aliphatic rings. The van der Waals surface area contributed by atoms with Crippen LogP contribution in [0.25, 0.3) is 10.9 Å². The number of nitrogens with one attached hydrogen (secondary N) is 2. The Hall–Kier alpha value is -2.78. The summed E-state index contributed by atoms with van der Waals surface area (Å²) < 4.78 is 53.8. The van der Waals surface area contributed by atoms with Gasteiger partial charge in [-0.05, 0) is 55.5 Å². The van der Waals surface area contributed by atoms with E-state index in [1.54, 1.807) is 0 Å². The maximum atomic E-state index is 13.9. The van der Waals surface area contributed by atoms with Crippen LogP contribution < -0.4 is 5.32 Å². The van der Waals surface area contributed by atoms with Crippen LogP contribution in [0.2, 0.25) is 0 Å². The second kappa shape index (κ2) is 9.38. The van der Waals surface area contributed by atoms with Crippen molar-refractivity contribution in [2.24, 2.45) is 5.92 Å². The number of para-hydroxylation sites is 1. The minimum absolute atomic E-state index is 0.0890. The number of halogens is 2. The fraction of sp³-hybridized carbons (Fsp3) is 0.348. The number of H-pyrrole nitrogens is 1. The van der Waals surface area contributed by atoms with Gasteiger partial charge in [0.15, 0.2) is 0 Å². The first kappa shape index (κ1) is 22.4. The quantitative estimate of drug-likeness (QED) is 0.528. The topological polar surface area (TPSA) is 82.3 Å². The first-order valence-corrected chi connectivity index (χ1v) is 12.1. The zero-order valence-electron chi connectivity index (χ0n) is 17.5. The lowest BCUT2D eigenvalue weighted by atomic mass is 9.97. The van der Waals surface area contributed by atoms with Crippen molar-refractivity contribution in [3.63, 3.8) is 0 Å². The van der Waals surface area contributed by atoms with Gasteiger partial charge < -0.3 is 10.3 Å². The van der Waals surface area contributed by atoms with E-state index < -0.39 is 26.6 Å². The Balaban J connectivity index is 1.26. The number of rotatable bonds is 7. The van der Waals surface area contributed by atoms with Gasteiger partial charge in [-0.3, -0.25) is 4.79 Å². The molecule has 1 aromatic heterocycles. The normalized spacial score (nSPS) is 15.8. The summed E-state index contributed by atoms with van der Waals surface area (Å²) in [4.78, 5) is 15.1. The summed E-state index contributed by atoms with van der Waals surface area (Å²) in [6.07, 6.45) is 4.29. The molecule has 2 heterocycles. The standard InChI is InChI=1S/C23H25F2N3O3S/c24-18-7-8-20(25)22(14-18)32(30,31)28-12-9-16(10-13-28)23(29)26-11-3-4-17-15-27-21-6-2-1-5-19(17)21/h1-2,5-8,14-16,27H,3-4,9-13H2,(H,26,29). The number of hydrogen-bond donors (Lipinski definition) is 2. The number of fused-ring (bicyclic) bond motifs is 1. The van der Waals surface area contributed by atoms with Crippen molar-refractivity contribution < 1.29 is 22.0 Å². The minimum Gasteiger partial charge on any atom is -0.361 e. The molecule has 170 valence electrons. The van der Waals surface area contributed by atoms with Crippen LogP contribution in [0, 0.1) is 17.6 Å². The molecular weight excluding hydrogens is 436 g/mol. The van der Waals surface area contributed by atoms with Crippen LogP contribution in [0.3, 0.4) is 0 Å². The van der Waals surface area contributed by atoms with Crippen LogP contribution in [0.1, 0.15) is 24.8 Å². The highest BCUT2D eigenvalue weighted by molar-refractivity contribution is 7.89. The molecule has 4 rings (SSSR count). The van der Waals surface area contributed by atoms with Crippen molar-refractivity contribution in [3.05, 3.63) is 65.9 Å². The maximum Gasteiger partial charge on any atom is 0.246 e. The van der Waals surface area contributed by atoms with Crippen molar-refractivity contribution in [1.82, 2.24) is 14.6 Å². The number of amides is 1. The molecule has 1 fully saturated rings. The zero-order chi connectivity index (χ0) is 22.7. The number of aryl methyl sites for hydroxylation is 1. The fourth-order valence-corrected chi connectivity index (χ4v) is 5.69. The van der Waals surface area contributed by atoms with Crippen molar-refractivity contribution >= 4 is 26.8 Å². The third-order valence-electron chi connectivity index (χ3n) is 5.93. The van der Waals surface area contributed by atoms with E-state index in [4.69, 9.17) is 0 Å². The lowest BCUT2D eigenvalue weighted by Crippen LogP contribution is -2.43. The van der Waals surface area contributed by atoms with Crippen molar-refractivity contribution in [3.8, 4) is 0 Å². The molecule has 3 aromatic rings. The number of sulfonamides is 1. The fourth-order valence-electron chi connectivity index (χ4n) is 4.15. The number of piperidine rings is 1. The molecule has 1 saturated heterocycles. The van der Waals surface area contributed by atoms with E-state index in [1.807, 2.05) is 24.4 Å². The molecule has 9 heteroatoms. The van der Waals surface area contributed by atoms with Gasteiger partial charge in [-0.15, -0.1) is 0 Å². The Morgan fingerprint density at radius 2 is 1.88 bits per heavy atom. The summed E-state index contributed by atoms with van der Waals surface area (Å²) in [7, 11) is -4.14. The summed E-state index contributed by atoms with van der Waals surface area (Å²) in [6.45, 7) is 0.711. The summed E-state index contributed by atoms with van der Waals surface area (Å²) in [5.41, 5.74) is 2.30. The summed E-state index contributed by atoms with van der Waals surface area (Å²) in [6, 6.07) is 10.4. The average molecular weight is 462 g/mol. The highest BCUT2D eigenvalue weighted by Crippen LogP contribution is 2.26. The van der Waals surface area contributed by atoms with Gasteiger partial charge in [0.2, 0.25) is 15.9 Å². The van der Waals surface area contributed by atoms with Crippen LogP contribution in [0.15, 0.2) is 53.6 Å². The van der Waals surface area contributed by atoms with Gasteiger partial charge >= 0.3 is 0 Å². The number of aromatic nitrogens is 1. The first-order chi connectivity index (χ1) is 15.4. The van der Waals surface area contributed by atoms with Crippen LogP contribution in [-0.2, 0) is 21.2 Å². The zero-order valence-corrected chi connectivity index (χ0v) is 18.3. The molecule has 1 amide bonds. The summed E-state index contributed by atoms with van der Waals surface area (Å²) in [5, 5.41) is 4.12. The lowest BCUT2D eigenvalue weighted by Gasteiger charge is -2.30. The Kier molecular flexibility index (Phi) is 6.57. The predicted octanol–water partition coefficient (Wildman–Crippen LogP) is 3.60. The molecule has 1 aliphatic heterocycles. The van der Waals surface area contributed by atoms with Crippen molar-refractivity contribution in [2.45, 2.75) is 30.6 Å². The van der Waals surface area contributed by atoms with E-state index in [0.717, 1.165) is 34.8 Å². The van der Waals surface area contributed by atoms with E-state index >= 15 is 0 Å². The predicted molar refractivity (Wildman–Crippen MR) is 117 cm³/mol. The van der Waals surface area contributed by atoms with Gasteiger partial charge in [0.05, 0.1) is 0 Å². The Bertz CT molecular complexity index is 1220.